The van der Waals surface area contributed by atoms with Gasteiger partial charge in [0.05, 0.1) is 24.9 Å². The highest BCUT2D eigenvalue weighted by Gasteiger charge is 2.39. The fraction of sp³-hybridized carbons (Fsp3) is 0.500. The molecule has 2 aliphatic heterocycles. The van der Waals surface area contributed by atoms with Crippen LogP contribution in [0.3, 0.4) is 0 Å². The summed E-state index contributed by atoms with van der Waals surface area (Å²) in [4.78, 5) is 1.28. The topological polar surface area (TPSA) is 31.0 Å². The molecule has 3 nitrogen and oxygen atoms in total. The Morgan fingerprint density at radius 2 is 2.00 bits per heavy atom. The molecule has 2 heterocycles. The van der Waals surface area contributed by atoms with E-state index in [9.17, 15) is 0 Å². The summed E-state index contributed by atoms with van der Waals surface area (Å²) in [6.07, 6.45) is 3.60. The Morgan fingerprint density at radius 1 is 1.20 bits per heavy atom. The van der Waals surface area contributed by atoms with Crippen LogP contribution in [0.15, 0.2) is 47.9 Å². The molecule has 2 saturated heterocycles. The van der Waals surface area contributed by atoms with Gasteiger partial charge in [-0.25, -0.2) is 0 Å². The second-order valence-corrected chi connectivity index (χ2v) is 6.25. The lowest BCUT2D eigenvalue weighted by molar-refractivity contribution is -0.179. The van der Waals surface area contributed by atoms with Gasteiger partial charge in [-0.2, -0.15) is 0 Å². The van der Waals surface area contributed by atoms with Gasteiger partial charge < -0.3 is 14.2 Å². The Labute approximate surface area is 124 Å². The monoisotopic (exact) mass is 292 g/mol. The summed E-state index contributed by atoms with van der Waals surface area (Å²) in [7, 11) is 0. The quantitative estimate of drug-likeness (QED) is 0.458. The van der Waals surface area contributed by atoms with Crippen molar-refractivity contribution in [1.82, 2.24) is 0 Å². The molecule has 0 bridgehead atoms. The summed E-state index contributed by atoms with van der Waals surface area (Å²) < 4.78 is 16.8. The minimum absolute atomic E-state index is 0.176. The highest BCUT2D eigenvalue weighted by Crippen LogP contribution is 2.32. The van der Waals surface area contributed by atoms with Crippen molar-refractivity contribution in [2.24, 2.45) is 5.92 Å². The largest absolute Gasteiger partial charge is 0.372 e. The molecule has 0 amide bonds. The molecule has 0 radical (unpaired) electrons. The lowest BCUT2D eigenvalue weighted by Crippen LogP contribution is -2.38. The van der Waals surface area contributed by atoms with E-state index in [1.165, 1.54) is 4.90 Å². The first kappa shape index (κ1) is 14.1. The average molecular weight is 292 g/mol. The first-order valence-electron chi connectivity index (χ1n) is 7.02. The lowest BCUT2D eigenvalue weighted by atomic mass is 9.94. The molecule has 2 fully saturated rings. The van der Waals surface area contributed by atoms with Gasteiger partial charge in [0, 0.05) is 23.0 Å². The van der Waals surface area contributed by atoms with Crippen molar-refractivity contribution < 1.29 is 14.2 Å². The number of benzene rings is 1. The van der Waals surface area contributed by atoms with Crippen LogP contribution >= 0.6 is 11.8 Å². The maximum absolute atomic E-state index is 5.73. The number of epoxide rings is 1. The van der Waals surface area contributed by atoms with Crippen LogP contribution in [0.2, 0.25) is 0 Å². The van der Waals surface area contributed by atoms with Gasteiger partial charge in [0.1, 0.15) is 6.79 Å². The molecule has 0 saturated carbocycles. The molecular weight excluding hydrogens is 272 g/mol. The van der Waals surface area contributed by atoms with Crippen LogP contribution in [0.1, 0.15) is 6.42 Å². The molecule has 0 unspecified atom stereocenters. The van der Waals surface area contributed by atoms with Gasteiger partial charge in [0.25, 0.3) is 0 Å². The van der Waals surface area contributed by atoms with Gasteiger partial charge in [-0.3, -0.25) is 0 Å². The van der Waals surface area contributed by atoms with E-state index in [-0.39, 0.29) is 12.2 Å². The van der Waals surface area contributed by atoms with Crippen molar-refractivity contribution >= 4 is 11.8 Å². The normalized spacial score (nSPS) is 30.7. The molecule has 4 atom stereocenters. The highest BCUT2D eigenvalue weighted by molar-refractivity contribution is 7.99. The van der Waals surface area contributed by atoms with E-state index in [1.54, 1.807) is 0 Å². The molecule has 2 aliphatic rings. The van der Waals surface area contributed by atoms with Crippen molar-refractivity contribution in [2.45, 2.75) is 29.6 Å². The van der Waals surface area contributed by atoms with E-state index < -0.39 is 0 Å². The SMILES string of the molecule is C=C[C@H]([C@@H]1CO1)[C@@H]1C[C@H](CSc2ccccc2)OCO1. The van der Waals surface area contributed by atoms with E-state index in [1.807, 2.05) is 23.9 Å². The maximum Gasteiger partial charge on any atom is 0.147 e. The molecule has 20 heavy (non-hydrogen) atoms. The number of rotatable bonds is 6. The molecule has 0 N–H and O–H groups in total. The molecule has 1 aromatic rings. The summed E-state index contributed by atoms with van der Waals surface area (Å²) >= 11 is 1.83. The van der Waals surface area contributed by atoms with Crippen molar-refractivity contribution in [3.63, 3.8) is 0 Å². The predicted octanol–water partition coefficient (Wildman–Crippen LogP) is 3.11. The summed E-state index contributed by atoms with van der Waals surface area (Å²) in [6, 6.07) is 10.4. The third-order valence-corrected chi connectivity index (χ3v) is 4.89. The molecule has 4 heteroatoms. The Morgan fingerprint density at radius 3 is 2.70 bits per heavy atom. The van der Waals surface area contributed by atoms with Gasteiger partial charge >= 0.3 is 0 Å². The third kappa shape index (κ3) is 3.64. The molecule has 0 spiro atoms. The number of thioether (sulfide) groups is 1. The van der Waals surface area contributed by atoms with Crippen molar-refractivity contribution in [3.05, 3.63) is 43.0 Å². The second kappa shape index (κ2) is 6.76. The lowest BCUT2D eigenvalue weighted by Gasteiger charge is -2.33. The number of hydrogen-bond acceptors (Lipinski definition) is 4. The van der Waals surface area contributed by atoms with E-state index >= 15 is 0 Å². The molecule has 0 aromatic heterocycles. The van der Waals surface area contributed by atoms with Crippen LogP contribution < -0.4 is 0 Å². The van der Waals surface area contributed by atoms with Crippen LogP contribution in [0.25, 0.3) is 0 Å². The fourth-order valence-corrected chi connectivity index (χ4v) is 3.49. The smallest absolute Gasteiger partial charge is 0.147 e. The molecule has 1 aromatic carbocycles. The van der Waals surface area contributed by atoms with Crippen LogP contribution in [0.4, 0.5) is 0 Å². The molecular formula is C16H20O3S. The van der Waals surface area contributed by atoms with Crippen LogP contribution in [0, 0.1) is 5.92 Å². The zero-order valence-corrected chi connectivity index (χ0v) is 12.3. The summed E-state index contributed by atoms with van der Waals surface area (Å²) in [5.41, 5.74) is 0. The van der Waals surface area contributed by atoms with Gasteiger partial charge in [-0.15, -0.1) is 18.3 Å². The van der Waals surface area contributed by atoms with Crippen molar-refractivity contribution in [1.29, 1.82) is 0 Å². The second-order valence-electron chi connectivity index (χ2n) is 5.16. The standard InChI is InChI=1S/C16H20O3S/c1-2-14(16-9-17-16)15-8-12(18-11-19-15)10-20-13-6-4-3-5-7-13/h2-7,12,14-16H,1,8-11H2/t12-,14+,15+,16+/m1/s1. The van der Waals surface area contributed by atoms with E-state index in [0.29, 0.717) is 18.8 Å². The zero-order chi connectivity index (χ0) is 13.8. The summed E-state index contributed by atoms with van der Waals surface area (Å²) in [5.74, 6) is 1.25. The van der Waals surface area contributed by atoms with Crippen molar-refractivity contribution in [2.75, 3.05) is 19.2 Å². The van der Waals surface area contributed by atoms with Gasteiger partial charge in [0.15, 0.2) is 0 Å². The number of hydrogen-bond donors (Lipinski definition) is 0. The maximum atomic E-state index is 5.73. The molecule has 3 rings (SSSR count). The highest BCUT2D eigenvalue weighted by atomic mass is 32.2. The first-order valence-corrected chi connectivity index (χ1v) is 8.00. The molecule has 0 aliphatic carbocycles. The Kier molecular flexibility index (Phi) is 4.78. The third-order valence-electron chi connectivity index (χ3n) is 3.75. The van der Waals surface area contributed by atoms with E-state index in [0.717, 1.165) is 18.8 Å². The first-order chi connectivity index (χ1) is 9.86. The minimum atomic E-state index is 0.176. The molecule has 108 valence electrons. The summed E-state index contributed by atoms with van der Waals surface area (Å²) in [5, 5.41) is 0. The van der Waals surface area contributed by atoms with Crippen LogP contribution in [0.5, 0.6) is 0 Å². The van der Waals surface area contributed by atoms with Crippen LogP contribution in [-0.4, -0.2) is 37.5 Å². The van der Waals surface area contributed by atoms with Gasteiger partial charge in [-0.05, 0) is 12.1 Å². The Bertz CT molecular complexity index is 433. The zero-order valence-electron chi connectivity index (χ0n) is 11.4. The fourth-order valence-electron chi connectivity index (χ4n) is 2.53. The minimum Gasteiger partial charge on any atom is -0.372 e. The van der Waals surface area contributed by atoms with E-state index in [4.69, 9.17) is 14.2 Å². The summed E-state index contributed by atoms with van der Waals surface area (Å²) in [6.45, 7) is 5.12. The van der Waals surface area contributed by atoms with Crippen LogP contribution in [-0.2, 0) is 14.2 Å². The van der Waals surface area contributed by atoms with Gasteiger partial charge in [0.2, 0.25) is 0 Å². The van der Waals surface area contributed by atoms with Crippen molar-refractivity contribution in [3.8, 4) is 0 Å². The number of ether oxygens (including phenoxy) is 3. The Hall–Kier alpha value is -0.810. The van der Waals surface area contributed by atoms with E-state index in [2.05, 4.69) is 30.8 Å². The Balaban J connectivity index is 1.51. The van der Waals surface area contributed by atoms with Gasteiger partial charge in [-0.1, -0.05) is 24.3 Å². The average Bonchev–Trinajstić information content (AvgIpc) is 3.32. The predicted molar refractivity (Wildman–Crippen MR) is 79.8 cm³/mol.